The van der Waals surface area contributed by atoms with Crippen molar-refractivity contribution >= 4 is 11.6 Å². The molecule has 6 heavy (non-hydrogen) atoms. The van der Waals surface area contributed by atoms with Gasteiger partial charge >= 0.3 is 0 Å². The molecule has 1 rings (SSSR count). The molecule has 0 bridgehead atoms. The minimum atomic E-state index is 0.338. The van der Waals surface area contributed by atoms with Crippen molar-refractivity contribution in [2.24, 2.45) is 0 Å². The van der Waals surface area contributed by atoms with Gasteiger partial charge in [0.1, 0.15) is 0 Å². The third kappa shape index (κ3) is 0.874. The molecule has 0 N–H and O–H groups in total. The zero-order valence-corrected chi connectivity index (χ0v) is 4.28. The number of alkyl halides is 1. The molecular formula is C5H7Cl. The Hall–Kier alpha value is 0.290. The van der Waals surface area contributed by atoms with E-state index in [1.165, 1.54) is 0 Å². The van der Waals surface area contributed by atoms with Crippen LogP contribution in [0.15, 0.2) is 0 Å². The van der Waals surface area contributed by atoms with E-state index in [4.69, 9.17) is 11.6 Å². The highest BCUT2D eigenvalue weighted by atomic mass is 35.5. The summed E-state index contributed by atoms with van der Waals surface area (Å²) in [6.07, 6.45) is 6.48. The fraction of sp³-hybridized carbons (Fsp3) is 0.600. The highest BCUT2D eigenvalue weighted by molar-refractivity contribution is 6.21. The van der Waals surface area contributed by atoms with Crippen LogP contribution in [0.2, 0.25) is 0 Å². The summed E-state index contributed by atoms with van der Waals surface area (Å²) in [7, 11) is 0. The van der Waals surface area contributed by atoms with Crippen molar-refractivity contribution in [3.8, 4) is 0 Å². The third-order valence-electron chi connectivity index (χ3n) is 0.950. The molecule has 1 aliphatic rings. The Morgan fingerprint density at radius 2 is 2.50 bits per heavy atom. The Morgan fingerprint density at radius 3 is 2.67 bits per heavy atom. The lowest BCUT2D eigenvalue weighted by atomic mass is 10.4. The van der Waals surface area contributed by atoms with Gasteiger partial charge in [0.15, 0.2) is 0 Å². The van der Waals surface area contributed by atoms with E-state index in [9.17, 15) is 0 Å². The van der Waals surface area contributed by atoms with Crippen molar-refractivity contribution in [3.05, 3.63) is 12.8 Å². The monoisotopic (exact) mass is 102 g/mol. The normalized spacial score (nSPS) is 25.5. The van der Waals surface area contributed by atoms with Crippen molar-refractivity contribution in [2.75, 3.05) is 0 Å². The van der Waals surface area contributed by atoms with Gasteiger partial charge < -0.3 is 0 Å². The highest BCUT2D eigenvalue weighted by Gasteiger charge is 2.10. The molecule has 0 aromatic heterocycles. The molecule has 0 spiro atoms. The predicted octanol–water partition coefficient (Wildman–Crippen LogP) is 1.80. The lowest BCUT2D eigenvalue weighted by molar-refractivity contribution is 1.06. The predicted molar refractivity (Wildman–Crippen MR) is 27.5 cm³/mol. The lowest BCUT2D eigenvalue weighted by Crippen LogP contribution is -1.84. The fourth-order valence-electron chi connectivity index (χ4n) is 0.596. The molecule has 0 aliphatic heterocycles. The maximum atomic E-state index is 5.63. The summed E-state index contributed by atoms with van der Waals surface area (Å²) < 4.78 is 0. The average molecular weight is 103 g/mol. The summed E-state index contributed by atoms with van der Waals surface area (Å²) in [5.41, 5.74) is 0. The Bertz CT molecular complexity index is 37.2. The van der Waals surface area contributed by atoms with Gasteiger partial charge in [0.05, 0.1) is 0 Å². The second kappa shape index (κ2) is 1.83. The number of hydrogen-bond donors (Lipinski definition) is 0. The van der Waals surface area contributed by atoms with Crippen LogP contribution in [0.4, 0.5) is 0 Å². The first-order valence-electron chi connectivity index (χ1n) is 2.18. The molecule has 1 aliphatic carbocycles. The smallest absolute Gasteiger partial charge is 0.0370 e. The van der Waals surface area contributed by atoms with E-state index in [1.807, 2.05) is 0 Å². The van der Waals surface area contributed by atoms with Crippen LogP contribution >= 0.6 is 11.6 Å². The molecule has 1 atom stereocenters. The molecule has 0 aromatic carbocycles. The van der Waals surface area contributed by atoms with Crippen LogP contribution < -0.4 is 0 Å². The Labute approximate surface area is 43.5 Å². The first-order chi connectivity index (χ1) is 2.89. The van der Waals surface area contributed by atoms with Gasteiger partial charge in [-0.1, -0.05) is 0 Å². The van der Waals surface area contributed by atoms with Crippen molar-refractivity contribution in [3.63, 3.8) is 0 Å². The van der Waals surface area contributed by atoms with Crippen molar-refractivity contribution in [1.29, 1.82) is 0 Å². The topological polar surface area (TPSA) is 0 Å². The van der Waals surface area contributed by atoms with Crippen molar-refractivity contribution in [1.82, 2.24) is 0 Å². The van der Waals surface area contributed by atoms with Crippen LogP contribution in [0.25, 0.3) is 0 Å². The minimum absolute atomic E-state index is 0.338. The second-order valence-corrected chi connectivity index (χ2v) is 2.07. The number of rotatable bonds is 0. The largest absolute Gasteiger partial charge is 0.123 e. The Balaban J connectivity index is 2.18. The average Bonchev–Trinajstić information content (AvgIpc) is 1.86. The summed E-state index contributed by atoms with van der Waals surface area (Å²) in [5, 5.41) is 0.338. The van der Waals surface area contributed by atoms with Crippen LogP contribution in [0.1, 0.15) is 12.8 Å². The molecule has 0 nitrogen and oxygen atoms in total. The third-order valence-corrected chi connectivity index (χ3v) is 1.31. The summed E-state index contributed by atoms with van der Waals surface area (Å²) in [6.45, 7) is 0. The molecule has 0 heterocycles. The van der Waals surface area contributed by atoms with E-state index in [2.05, 4.69) is 12.8 Å². The van der Waals surface area contributed by atoms with E-state index >= 15 is 0 Å². The Kier molecular flexibility index (Phi) is 1.36. The van der Waals surface area contributed by atoms with Gasteiger partial charge in [0.25, 0.3) is 0 Å². The van der Waals surface area contributed by atoms with Crippen LogP contribution in [0.3, 0.4) is 0 Å². The molecule has 1 fully saturated rings. The first kappa shape index (κ1) is 4.45. The molecule has 1 unspecified atom stereocenters. The van der Waals surface area contributed by atoms with Crippen molar-refractivity contribution < 1.29 is 0 Å². The number of hydrogen-bond acceptors (Lipinski definition) is 0. The van der Waals surface area contributed by atoms with E-state index < -0.39 is 0 Å². The molecular weight excluding hydrogens is 95.5 g/mol. The van der Waals surface area contributed by atoms with Gasteiger partial charge in [-0.25, -0.2) is 0 Å². The summed E-state index contributed by atoms with van der Waals surface area (Å²) in [4.78, 5) is 0. The molecule has 1 heteroatoms. The van der Waals surface area contributed by atoms with Gasteiger partial charge in [-0.15, -0.1) is 11.6 Å². The zero-order valence-electron chi connectivity index (χ0n) is 3.52. The van der Waals surface area contributed by atoms with E-state index in [1.54, 1.807) is 0 Å². The highest BCUT2D eigenvalue weighted by Crippen LogP contribution is 2.20. The van der Waals surface area contributed by atoms with Gasteiger partial charge in [-0.2, -0.15) is 0 Å². The van der Waals surface area contributed by atoms with E-state index in [0.29, 0.717) is 5.38 Å². The van der Waals surface area contributed by atoms with Gasteiger partial charge in [0.2, 0.25) is 0 Å². The quantitative estimate of drug-likeness (QED) is 0.409. The Morgan fingerprint density at radius 1 is 1.67 bits per heavy atom. The van der Waals surface area contributed by atoms with Crippen LogP contribution in [-0.4, -0.2) is 5.38 Å². The van der Waals surface area contributed by atoms with Gasteiger partial charge in [-0.3, -0.25) is 0 Å². The standard InChI is InChI=1S/C5H7Cl/c6-5-3-1-2-4-5/h1,4-5H,2-3H2. The van der Waals surface area contributed by atoms with E-state index in [0.717, 1.165) is 12.8 Å². The molecule has 1 saturated carbocycles. The SMILES string of the molecule is ClC1[CH]C[CH]C1. The van der Waals surface area contributed by atoms with Crippen LogP contribution in [0, 0.1) is 12.8 Å². The van der Waals surface area contributed by atoms with Crippen molar-refractivity contribution in [2.45, 2.75) is 18.2 Å². The van der Waals surface area contributed by atoms with Gasteiger partial charge in [-0.05, 0) is 25.7 Å². The van der Waals surface area contributed by atoms with Crippen LogP contribution in [0.5, 0.6) is 0 Å². The second-order valence-electron chi connectivity index (χ2n) is 1.51. The van der Waals surface area contributed by atoms with Gasteiger partial charge in [0, 0.05) is 5.38 Å². The summed E-state index contributed by atoms with van der Waals surface area (Å²) in [6, 6.07) is 0. The summed E-state index contributed by atoms with van der Waals surface area (Å²) in [5.74, 6) is 0. The number of halogens is 1. The fourth-order valence-corrected chi connectivity index (χ4v) is 0.824. The molecule has 0 amide bonds. The molecule has 2 radical (unpaired) electrons. The van der Waals surface area contributed by atoms with E-state index in [-0.39, 0.29) is 0 Å². The lowest BCUT2D eigenvalue weighted by Gasteiger charge is -1.87. The first-order valence-corrected chi connectivity index (χ1v) is 2.62. The molecule has 34 valence electrons. The van der Waals surface area contributed by atoms with Crippen LogP contribution in [-0.2, 0) is 0 Å². The maximum absolute atomic E-state index is 5.63. The summed E-state index contributed by atoms with van der Waals surface area (Å²) >= 11 is 5.63. The maximum Gasteiger partial charge on any atom is 0.0370 e. The molecule has 0 aromatic rings. The minimum Gasteiger partial charge on any atom is -0.123 e. The zero-order chi connectivity index (χ0) is 4.41. The molecule has 0 saturated heterocycles.